The van der Waals surface area contributed by atoms with Crippen LogP contribution in [0.25, 0.3) is 5.57 Å². The van der Waals surface area contributed by atoms with Crippen LogP contribution in [0.15, 0.2) is 48.2 Å². The zero-order valence-electron chi connectivity index (χ0n) is 12.4. The van der Waals surface area contributed by atoms with Crippen LogP contribution in [0.2, 0.25) is 0 Å². The highest BCUT2D eigenvalue weighted by Gasteiger charge is 2.32. The van der Waals surface area contributed by atoms with Crippen molar-refractivity contribution < 1.29 is 18.3 Å². The van der Waals surface area contributed by atoms with Gasteiger partial charge in [-0.05, 0) is 42.8 Å². The second-order valence-corrected chi connectivity index (χ2v) is 5.47. The third kappa shape index (κ3) is 2.75. The molecule has 0 aromatic heterocycles. The molecule has 1 aliphatic heterocycles. The number of aldehydes is 1. The molecule has 0 amide bonds. The minimum absolute atomic E-state index is 0.381. The Balaban J connectivity index is 2.25. The summed E-state index contributed by atoms with van der Waals surface area (Å²) in [5.74, 6) is -0.907. The molecule has 3 nitrogen and oxygen atoms in total. The van der Waals surface area contributed by atoms with Crippen molar-refractivity contribution in [3.8, 4) is 5.75 Å². The lowest BCUT2D eigenvalue weighted by Gasteiger charge is -2.30. The lowest BCUT2D eigenvalue weighted by molar-refractivity contribution is -0.108. The molecule has 0 radical (unpaired) electrons. The molecule has 1 heterocycles. The van der Waals surface area contributed by atoms with Gasteiger partial charge in [0.15, 0.2) is 0 Å². The third-order valence-electron chi connectivity index (χ3n) is 3.79. The van der Waals surface area contributed by atoms with Gasteiger partial charge in [0.1, 0.15) is 29.4 Å². The van der Waals surface area contributed by atoms with Crippen molar-refractivity contribution in [2.75, 3.05) is 0 Å². The molecule has 2 N–H and O–H groups in total. The van der Waals surface area contributed by atoms with Crippen LogP contribution >= 0.6 is 0 Å². The summed E-state index contributed by atoms with van der Waals surface area (Å²) in [6.45, 7) is 1.71. The largest absolute Gasteiger partial charge is 0.459 e. The molecule has 23 heavy (non-hydrogen) atoms. The molecule has 3 rings (SSSR count). The van der Waals surface area contributed by atoms with Crippen molar-refractivity contribution in [2.24, 2.45) is 5.73 Å². The average Bonchev–Trinajstić information content (AvgIpc) is 2.52. The first-order valence-electron chi connectivity index (χ1n) is 7.19. The lowest BCUT2D eigenvalue weighted by Crippen LogP contribution is -2.28. The van der Waals surface area contributed by atoms with E-state index in [0.29, 0.717) is 34.5 Å². The summed E-state index contributed by atoms with van der Waals surface area (Å²) < 4.78 is 33.0. The van der Waals surface area contributed by atoms with Crippen molar-refractivity contribution in [2.45, 2.75) is 18.9 Å². The molecule has 0 bridgehead atoms. The number of rotatable bonds is 3. The summed E-state index contributed by atoms with van der Waals surface area (Å²) in [7, 11) is 0. The van der Waals surface area contributed by atoms with Gasteiger partial charge in [0.05, 0.1) is 12.0 Å². The molecule has 118 valence electrons. The van der Waals surface area contributed by atoms with Crippen LogP contribution in [0.4, 0.5) is 8.78 Å². The number of benzene rings is 2. The maximum absolute atomic E-state index is 13.6. The van der Waals surface area contributed by atoms with E-state index in [1.807, 2.05) is 0 Å². The van der Waals surface area contributed by atoms with Crippen LogP contribution in [-0.2, 0) is 4.79 Å². The molecule has 0 saturated heterocycles. The Morgan fingerprint density at radius 3 is 2.57 bits per heavy atom. The van der Waals surface area contributed by atoms with Crippen molar-refractivity contribution in [3.63, 3.8) is 0 Å². The van der Waals surface area contributed by atoms with Gasteiger partial charge in [-0.2, -0.15) is 0 Å². The van der Waals surface area contributed by atoms with Gasteiger partial charge >= 0.3 is 0 Å². The van der Waals surface area contributed by atoms with E-state index in [2.05, 4.69) is 0 Å². The van der Waals surface area contributed by atoms with Gasteiger partial charge in [-0.1, -0.05) is 12.1 Å². The zero-order valence-corrected chi connectivity index (χ0v) is 12.4. The standard InChI is InChI=1S/C18H15F2NO2/c1-10(21)18-17(11-3-2-4-12(19)7-11)15(9-22)14-8-13(20)5-6-16(14)23-18/h2-10,15H,21H2,1H3. The Morgan fingerprint density at radius 2 is 1.91 bits per heavy atom. The van der Waals surface area contributed by atoms with Crippen molar-refractivity contribution in [3.05, 3.63) is 71.0 Å². The van der Waals surface area contributed by atoms with E-state index < -0.39 is 23.6 Å². The van der Waals surface area contributed by atoms with E-state index >= 15 is 0 Å². The zero-order chi connectivity index (χ0) is 16.6. The number of allylic oxidation sites excluding steroid dienone is 1. The monoisotopic (exact) mass is 315 g/mol. The number of hydrogen-bond acceptors (Lipinski definition) is 3. The number of halogens is 2. The van der Waals surface area contributed by atoms with Gasteiger partial charge in [-0.3, -0.25) is 0 Å². The van der Waals surface area contributed by atoms with Gasteiger partial charge in [0.25, 0.3) is 0 Å². The molecular formula is C18H15F2NO2. The lowest BCUT2D eigenvalue weighted by atomic mass is 9.83. The number of nitrogens with two attached hydrogens (primary N) is 1. The van der Waals surface area contributed by atoms with Crippen LogP contribution in [-0.4, -0.2) is 12.3 Å². The molecule has 5 heteroatoms. The van der Waals surface area contributed by atoms with Crippen molar-refractivity contribution in [1.82, 2.24) is 0 Å². The van der Waals surface area contributed by atoms with Crippen molar-refractivity contribution in [1.29, 1.82) is 0 Å². The smallest absolute Gasteiger partial charge is 0.132 e. The predicted molar refractivity (Wildman–Crippen MR) is 82.8 cm³/mol. The fraction of sp³-hybridized carbons (Fsp3) is 0.167. The number of ether oxygens (including phenoxy) is 1. The topological polar surface area (TPSA) is 52.3 Å². The number of carbonyl (C=O) groups excluding carboxylic acids is 1. The van der Waals surface area contributed by atoms with Gasteiger partial charge in [0, 0.05) is 11.1 Å². The van der Waals surface area contributed by atoms with Gasteiger partial charge in [-0.15, -0.1) is 0 Å². The normalized spacial score (nSPS) is 18.2. The molecular weight excluding hydrogens is 300 g/mol. The van der Waals surface area contributed by atoms with Gasteiger partial charge in [-0.25, -0.2) is 8.78 Å². The number of carbonyl (C=O) groups is 1. The van der Waals surface area contributed by atoms with Crippen LogP contribution in [0.1, 0.15) is 24.0 Å². The molecule has 2 atom stereocenters. The molecule has 2 unspecified atom stereocenters. The Bertz CT molecular complexity index is 799. The molecule has 2 aromatic rings. The summed E-state index contributed by atoms with van der Waals surface area (Å²) in [4.78, 5) is 11.7. The quantitative estimate of drug-likeness (QED) is 0.883. The van der Waals surface area contributed by atoms with Gasteiger partial charge in [0.2, 0.25) is 0 Å². The average molecular weight is 315 g/mol. The van der Waals surface area contributed by atoms with Crippen LogP contribution in [0.3, 0.4) is 0 Å². The Hall–Kier alpha value is -2.53. The van der Waals surface area contributed by atoms with E-state index in [0.717, 1.165) is 0 Å². The van der Waals surface area contributed by atoms with Crippen LogP contribution in [0.5, 0.6) is 5.75 Å². The van der Waals surface area contributed by atoms with Crippen LogP contribution in [0, 0.1) is 11.6 Å². The molecule has 0 spiro atoms. The Labute approximate surface area is 132 Å². The second-order valence-electron chi connectivity index (χ2n) is 5.47. The SMILES string of the molecule is CC(N)C1=C(c2cccc(F)c2)C(C=O)c2cc(F)ccc2O1. The first-order chi connectivity index (χ1) is 11.0. The van der Waals surface area contributed by atoms with Crippen molar-refractivity contribution >= 4 is 11.9 Å². The predicted octanol–water partition coefficient (Wildman–Crippen LogP) is 3.40. The maximum Gasteiger partial charge on any atom is 0.132 e. The molecule has 0 saturated carbocycles. The summed E-state index contributed by atoms with van der Waals surface area (Å²) in [5, 5.41) is 0. The highest BCUT2D eigenvalue weighted by Crippen LogP contribution is 2.43. The summed E-state index contributed by atoms with van der Waals surface area (Å²) in [6.07, 6.45) is 0.698. The highest BCUT2D eigenvalue weighted by atomic mass is 19.1. The number of hydrogen-bond donors (Lipinski definition) is 1. The second kappa shape index (κ2) is 5.93. The number of fused-ring (bicyclic) bond motifs is 1. The van der Waals surface area contributed by atoms with E-state index in [-0.39, 0.29) is 0 Å². The summed E-state index contributed by atoms with van der Waals surface area (Å²) in [5.41, 5.74) is 7.33. The highest BCUT2D eigenvalue weighted by molar-refractivity contribution is 5.90. The fourth-order valence-electron chi connectivity index (χ4n) is 2.79. The minimum Gasteiger partial charge on any atom is -0.459 e. The fourth-order valence-corrected chi connectivity index (χ4v) is 2.79. The van der Waals surface area contributed by atoms with E-state index in [1.165, 1.54) is 30.3 Å². The Kier molecular flexibility index (Phi) is 3.96. The van der Waals surface area contributed by atoms with E-state index in [9.17, 15) is 13.6 Å². The Morgan fingerprint density at radius 1 is 1.17 bits per heavy atom. The summed E-state index contributed by atoms with van der Waals surface area (Å²) >= 11 is 0. The summed E-state index contributed by atoms with van der Waals surface area (Å²) in [6, 6.07) is 9.30. The molecule has 2 aromatic carbocycles. The molecule has 1 aliphatic rings. The third-order valence-corrected chi connectivity index (χ3v) is 3.79. The molecule has 0 aliphatic carbocycles. The van der Waals surface area contributed by atoms with Crippen LogP contribution < -0.4 is 10.5 Å². The first-order valence-corrected chi connectivity index (χ1v) is 7.19. The minimum atomic E-state index is -0.766. The van der Waals surface area contributed by atoms with Gasteiger partial charge < -0.3 is 15.3 Å². The first kappa shape index (κ1) is 15.4. The molecule has 0 fully saturated rings. The maximum atomic E-state index is 13.6. The van der Waals surface area contributed by atoms with E-state index in [1.54, 1.807) is 19.1 Å². The van der Waals surface area contributed by atoms with E-state index in [4.69, 9.17) is 10.5 Å².